The second-order valence-electron chi connectivity index (χ2n) is 7.30. The Balaban J connectivity index is 1.43. The molecule has 2 heterocycles. The first-order valence-corrected chi connectivity index (χ1v) is 10.9. The minimum atomic E-state index is -4.18. The molecule has 1 aliphatic heterocycles. The molecule has 158 valence electrons. The number of rotatable bonds is 4. The lowest BCUT2D eigenvalue weighted by Gasteiger charge is -2.34. The Hall–Kier alpha value is -2.78. The number of sulfonamides is 1. The Morgan fingerprint density at radius 3 is 2.53 bits per heavy atom. The fourth-order valence-electron chi connectivity index (χ4n) is 3.59. The topological polar surface area (TPSA) is 70.8 Å². The summed E-state index contributed by atoms with van der Waals surface area (Å²) in [4.78, 5) is 13.6. The Morgan fingerprint density at radius 1 is 1.07 bits per heavy atom. The van der Waals surface area contributed by atoms with E-state index in [1.807, 2.05) is 25.1 Å². The molecule has 1 aliphatic rings. The Morgan fingerprint density at radius 2 is 1.80 bits per heavy atom. The first-order chi connectivity index (χ1) is 14.3. The molecule has 30 heavy (non-hydrogen) atoms. The smallest absolute Gasteiger partial charge is 0.246 e. The standard InChI is InChI=1S/C21H20F2N2O4S/c1-14-2-4-17-15(13-29-19(17)10-14)11-21(26)24-6-8-25(9-7-24)30(27,28)20-12-16(22)3-5-18(20)23/h2-5,10,12-13H,6-9,11H2,1H3. The number of nitrogens with zero attached hydrogens (tertiary/aromatic N) is 2. The molecule has 0 unspecified atom stereocenters. The van der Waals surface area contributed by atoms with Crippen molar-refractivity contribution in [2.45, 2.75) is 18.2 Å². The van der Waals surface area contributed by atoms with E-state index in [0.29, 0.717) is 11.6 Å². The van der Waals surface area contributed by atoms with Crippen LogP contribution in [-0.4, -0.2) is 49.7 Å². The molecule has 0 atom stereocenters. The van der Waals surface area contributed by atoms with Gasteiger partial charge in [0, 0.05) is 37.1 Å². The van der Waals surface area contributed by atoms with Crippen molar-refractivity contribution >= 4 is 26.9 Å². The molecule has 1 saturated heterocycles. The van der Waals surface area contributed by atoms with E-state index in [1.165, 1.54) is 0 Å². The molecule has 6 nitrogen and oxygen atoms in total. The van der Waals surface area contributed by atoms with Gasteiger partial charge in [-0.25, -0.2) is 17.2 Å². The van der Waals surface area contributed by atoms with Gasteiger partial charge in [-0.1, -0.05) is 12.1 Å². The fraction of sp³-hybridized carbons (Fsp3) is 0.286. The van der Waals surface area contributed by atoms with E-state index in [-0.39, 0.29) is 38.5 Å². The number of amides is 1. The number of carbonyl (C=O) groups is 1. The van der Waals surface area contributed by atoms with Crippen LogP contribution in [-0.2, 0) is 21.2 Å². The zero-order valence-electron chi connectivity index (χ0n) is 16.3. The second kappa shape index (κ2) is 7.81. The molecule has 1 amide bonds. The van der Waals surface area contributed by atoms with Crippen LogP contribution in [0, 0.1) is 18.6 Å². The van der Waals surface area contributed by atoms with Gasteiger partial charge in [0.15, 0.2) is 0 Å². The molecule has 3 aromatic rings. The van der Waals surface area contributed by atoms with Crippen molar-refractivity contribution in [2.75, 3.05) is 26.2 Å². The Bertz CT molecular complexity index is 1210. The molecule has 1 aromatic heterocycles. The highest BCUT2D eigenvalue weighted by atomic mass is 32.2. The van der Waals surface area contributed by atoms with E-state index in [2.05, 4.69) is 0 Å². The van der Waals surface area contributed by atoms with Crippen LogP contribution in [0.4, 0.5) is 8.78 Å². The molecule has 0 aliphatic carbocycles. The van der Waals surface area contributed by atoms with Crippen molar-refractivity contribution < 1.29 is 26.4 Å². The highest BCUT2D eigenvalue weighted by molar-refractivity contribution is 7.89. The zero-order valence-corrected chi connectivity index (χ0v) is 17.1. The maximum Gasteiger partial charge on any atom is 0.246 e. The highest BCUT2D eigenvalue weighted by Crippen LogP contribution is 2.24. The SMILES string of the molecule is Cc1ccc2c(CC(=O)N3CCN(S(=O)(=O)c4cc(F)ccc4F)CC3)coc2c1. The quantitative estimate of drug-likeness (QED) is 0.633. The fourth-order valence-corrected chi connectivity index (χ4v) is 5.09. The molecule has 1 fully saturated rings. The van der Waals surface area contributed by atoms with Crippen LogP contribution >= 0.6 is 0 Å². The summed E-state index contributed by atoms with van der Waals surface area (Å²) in [6.45, 7) is 2.31. The van der Waals surface area contributed by atoms with Crippen molar-refractivity contribution in [2.24, 2.45) is 0 Å². The predicted molar refractivity (Wildman–Crippen MR) is 106 cm³/mol. The van der Waals surface area contributed by atoms with Crippen molar-refractivity contribution in [3.63, 3.8) is 0 Å². The zero-order chi connectivity index (χ0) is 21.5. The Kier molecular flexibility index (Phi) is 5.33. The summed E-state index contributed by atoms with van der Waals surface area (Å²) in [5.74, 6) is -1.98. The molecule has 4 rings (SSSR count). The van der Waals surface area contributed by atoms with E-state index in [4.69, 9.17) is 4.42 Å². The van der Waals surface area contributed by atoms with Gasteiger partial charge in [0.25, 0.3) is 0 Å². The van der Waals surface area contributed by atoms with Gasteiger partial charge >= 0.3 is 0 Å². The monoisotopic (exact) mass is 434 g/mol. The third-order valence-corrected chi connectivity index (χ3v) is 7.17. The number of halogens is 2. The summed E-state index contributed by atoms with van der Waals surface area (Å²) in [5, 5.41) is 0.872. The van der Waals surface area contributed by atoms with Gasteiger partial charge in [0.05, 0.1) is 12.7 Å². The van der Waals surface area contributed by atoms with Gasteiger partial charge in [-0.05, 0) is 36.8 Å². The van der Waals surface area contributed by atoms with Crippen LogP contribution in [0.1, 0.15) is 11.1 Å². The molecule has 9 heteroatoms. The van der Waals surface area contributed by atoms with E-state index in [0.717, 1.165) is 33.0 Å². The van der Waals surface area contributed by atoms with Crippen molar-refractivity contribution in [1.29, 1.82) is 0 Å². The summed E-state index contributed by atoms with van der Waals surface area (Å²) in [6, 6.07) is 8.09. The molecule has 0 bridgehead atoms. The number of aryl methyl sites for hydroxylation is 1. The van der Waals surface area contributed by atoms with Crippen LogP contribution in [0.5, 0.6) is 0 Å². The molecule has 0 N–H and O–H groups in total. The number of furan rings is 1. The van der Waals surface area contributed by atoms with Gasteiger partial charge in [0.2, 0.25) is 15.9 Å². The third kappa shape index (κ3) is 3.82. The summed E-state index contributed by atoms with van der Waals surface area (Å²) >= 11 is 0. The van der Waals surface area contributed by atoms with Gasteiger partial charge in [0.1, 0.15) is 22.1 Å². The Labute approximate surface area is 172 Å². The largest absolute Gasteiger partial charge is 0.464 e. The molecule has 0 radical (unpaired) electrons. The van der Waals surface area contributed by atoms with Crippen molar-refractivity contribution in [3.05, 3.63) is 65.4 Å². The number of benzene rings is 2. The molecular formula is C21H20F2N2O4S. The summed E-state index contributed by atoms with van der Waals surface area (Å²) in [7, 11) is -4.18. The third-order valence-electron chi connectivity index (χ3n) is 5.26. The van der Waals surface area contributed by atoms with Crippen LogP contribution in [0.3, 0.4) is 0 Å². The summed E-state index contributed by atoms with van der Waals surface area (Å²) in [5.41, 5.74) is 2.54. The van der Waals surface area contributed by atoms with Crippen LogP contribution < -0.4 is 0 Å². The maximum atomic E-state index is 13.9. The van der Waals surface area contributed by atoms with Crippen molar-refractivity contribution in [1.82, 2.24) is 9.21 Å². The van der Waals surface area contributed by atoms with Gasteiger partial charge in [-0.15, -0.1) is 0 Å². The van der Waals surface area contributed by atoms with Crippen molar-refractivity contribution in [3.8, 4) is 0 Å². The number of hydrogen-bond acceptors (Lipinski definition) is 4. The first kappa shape index (κ1) is 20.5. The number of piperazine rings is 1. The predicted octanol–water partition coefficient (Wildman–Crippen LogP) is 3.10. The molecule has 0 saturated carbocycles. The van der Waals surface area contributed by atoms with Crippen LogP contribution in [0.25, 0.3) is 11.0 Å². The van der Waals surface area contributed by atoms with E-state index < -0.39 is 26.6 Å². The number of hydrogen-bond donors (Lipinski definition) is 0. The van der Waals surface area contributed by atoms with E-state index in [9.17, 15) is 22.0 Å². The maximum absolute atomic E-state index is 13.9. The van der Waals surface area contributed by atoms with Gasteiger partial charge in [-0.3, -0.25) is 4.79 Å². The van der Waals surface area contributed by atoms with Crippen LogP contribution in [0.15, 0.2) is 52.0 Å². The lowest BCUT2D eigenvalue weighted by atomic mass is 10.1. The number of fused-ring (bicyclic) bond motifs is 1. The van der Waals surface area contributed by atoms with E-state index in [1.54, 1.807) is 11.2 Å². The lowest BCUT2D eigenvalue weighted by Crippen LogP contribution is -2.51. The average molecular weight is 434 g/mol. The second-order valence-corrected chi connectivity index (χ2v) is 9.20. The first-order valence-electron chi connectivity index (χ1n) is 9.45. The molecule has 0 spiro atoms. The highest BCUT2D eigenvalue weighted by Gasteiger charge is 2.32. The summed E-state index contributed by atoms with van der Waals surface area (Å²) in [6.07, 6.45) is 1.71. The van der Waals surface area contributed by atoms with Crippen LogP contribution in [0.2, 0.25) is 0 Å². The lowest BCUT2D eigenvalue weighted by molar-refractivity contribution is -0.131. The molecular weight excluding hydrogens is 414 g/mol. The van der Waals surface area contributed by atoms with Gasteiger partial charge < -0.3 is 9.32 Å². The number of carbonyl (C=O) groups excluding carboxylic acids is 1. The van der Waals surface area contributed by atoms with E-state index >= 15 is 0 Å². The molecule has 2 aromatic carbocycles. The van der Waals surface area contributed by atoms with Gasteiger partial charge in [-0.2, -0.15) is 4.31 Å². The average Bonchev–Trinajstić information content (AvgIpc) is 3.11. The normalized spacial score (nSPS) is 15.6. The summed E-state index contributed by atoms with van der Waals surface area (Å²) < 4.78 is 59.3. The minimum Gasteiger partial charge on any atom is -0.464 e. The minimum absolute atomic E-state index is 0.00928.